The van der Waals surface area contributed by atoms with E-state index in [0.717, 1.165) is 24.2 Å². The Labute approximate surface area is 123 Å². The fourth-order valence-corrected chi connectivity index (χ4v) is 2.82. The first-order chi connectivity index (χ1) is 10.2. The highest BCUT2D eigenvalue weighted by Crippen LogP contribution is 2.36. The minimum absolute atomic E-state index is 0.0284. The van der Waals surface area contributed by atoms with Gasteiger partial charge in [0.15, 0.2) is 0 Å². The molecule has 0 saturated carbocycles. The molecule has 1 aromatic heterocycles. The largest absolute Gasteiger partial charge is 0.493 e. The third-order valence-electron chi connectivity index (χ3n) is 3.85. The Morgan fingerprint density at radius 2 is 2.24 bits per heavy atom. The number of aromatic nitrogens is 2. The minimum Gasteiger partial charge on any atom is -0.493 e. The van der Waals surface area contributed by atoms with E-state index in [1.54, 1.807) is 0 Å². The zero-order valence-corrected chi connectivity index (χ0v) is 12.1. The monoisotopic (exact) mass is 285 g/mol. The van der Waals surface area contributed by atoms with Gasteiger partial charge in [-0.25, -0.2) is 4.98 Å². The van der Waals surface area contributed by atoms with Gasteiger partial charge in [0.1, 0.15) is 17.4 Å². The first-order valence-corrected chi connectivity index (χ1v) is 7.31. The summed E-state index contributed by atoms with van der Waals surface area (Å²) in [6.07, 6.45) is 2.31. The summed E-state index contributed by atoms with van der Waals surface area (Å²) in [6.45, 7) is 2.63. The normalized spacial score (nSPS) is 17.1. The molecule has 0 radical (unpaired) electrons. The first-order valence-electron chi connectivity index (χ1n) is 7.31. The summed E-state index contributed by atoms with van der Waals surface area (Å²) in [7, 11) is 0. The standard InChI is InChI=1S/C16H19N3O2/c1-2-5-12-14(17)18-15(19-16(12)20)11-8-9-21-13-7-4-3-6-10(11)13/h3-4,6-7,11H,2,5,8-9H2,1H3,(H3,17,18,19,20). The van der Waals surface area contributed by atoms with Crippen LogP contribution in [0.15, 0.2) is 29.1 Å². The number of fused-ring (bicyclic) bond motifs is 1. The lowest BCUT2D eigenvalue weighted by atomic mass is 9.92. The van der Waals surface area contributed by atoms with Gasteiger partial charge in [-0.05, 0) is 18.9 Å². The molecule has 3 N–H and O–H groups in total. The van der Waals surface area contributed by atoms with Crippen LogP contribution >= 0.6 is 0 Å². The molecule has 0 bridgehead atoms. The Bertz CT molecular complexity index is 709. The molecule has 0 amide bonds. The van der Waals surface area contributed by atoms with E-state index in [2.05, 4.69) is 9.97 Å². The van der Waals surface area contributed by atoms with Gasteiger partial charge in [0, 0.05) is 11.5 Å². The Hall–Kier alpha value is -2.30. The maximum atomic E-state index is 12.2. The Kier molecular flexibility index (Phi) is 3.64. The summed E-state index contributed by atoms with van der Waals surface area (Å²) >= 11 is 0. The van der Waals surface area contributed by atoms with Gasteiger partial charge in [0.2, 0.25) is 0 Å². The number of aromatic amines is 1. The number of benzene rings is 1. The van der Waals surface area contributed by atoms with Crippen molar-refractivity contribution in [2.75, 3.05) is 12.3 Å². The molecule has 1 aromatic carbocycles. The molecular formula is C16H19N3O2. The molecule has 0 aliphatic carbocycles. The smallest absolute Gasteiger partial charge is 0.256 e. The van der Waals surface area contributed by atoms with Crippen molar-refractivity contribution in [3.05, 3.63) is 51.6 Å². The fraction of sp³-hybridized carbons (Fsp3) is 0.375. The molecule has 0 saturated heterocycles. The summed E-state index contributed by atoms with van der Waals surface area (Å²) in [4.78, 5) is 19.6. The van der Waals surface area contributed by atoms with E-state index in [9.17, 15) is 4.79 Å². The first kappa shape index (κ1) is 13.7. The molecule has 2 aromatic rings. The summed E-state index contributed by atoms with van der Waals surface area (Å²) in [6, 6.07) is 7.85. The maximum Gasteiger partial charge on any atom is 0.256 e. The van der Waals surface area contributed by atoms with Crippen molar-refractivity contribution in [3.8, 4) is 5.75 Å². The number of ether oxygens (including phenoxy) is 1. The quantitative estimate of drug-likeness (QED) is 0.906. The predicted molar refractivity (Wildman–Crippen MR) is 81.7 cm³/mol. The molecule has 2 heterocycles. The van der Waals surface area contributed by atoms with Gasteiger partial charge in [-0.1, -0.05) is 31.5 Å². The molecule has 1 aliphatic heterocycles. The second-order valence-corrected chi connectivity index (χ2v) is 5.29. The van der Waals surface area contributed by atoms with Crippen molar-refractivity contribution in [2.24, 2.45) is 0 Å². The van der Waals surface area contributed by atoms with Gasteiger partial charge >= 0.3 is 0 Å². The van der Waals surface area contributed by atoms with Crippen molar-refractivity contribution >= 4 is 5.82 Å². The Morgan fingerprint density at radius 3 is 3.00 bits per heavy atom. The number of rotatable bonds is 3. The third-order valence-corrected chi connectivity index (χ3v) is 3.85. The van der Waals surface area contributed by atoms with E-state index in [4.69, 9.17) is 10.5 Å². The lowest BCUT2D eigenvalue weighted by Crippen LogP contribution is -2.24. The fourth-order valence-electron chi connectivity index (χ4n) is 2.82. The lowest BCUT2D eigenvalue weighted by molar-refractivity contribution is 0.274. The number of nitrogens with two attached hydrogens (primary N) is 1. The number of hydrogen-bond donors (Lipinski definition) is 2. The van der Waals surface area contributed by atoms with E-state index in [1.165, 1.54) is 0 Å². The van der Waals surface area contributed by atoms with E-state index < -0.39 is 0 Å². The van der Waals surface area contributed by atoms with Gasteiger partial charge in [0.25, 0.3) is 5.56 Å². The molecule has 5 heteroatoms. The van der Waals surface area contributed by atoms with Crippen molar-refractivity contribution in [3.63, 3.8) is 0 Å². The van der Waals surface area contributed by atoms with Gasteiger partial charge < -0.3 is 15.5 Å². The summed E-state index contributed by atoms with van der Waals surface area (Å²) in [5.74, 6) is 1.86. The second-order valence-electron chi connectivity index (χ2n) is 5.29. The van der Waals surface area contributed by atoms with Gasteiger partial charge in [0.05, 0.1) is 12.2 Å². The molecule has 0 spiro atoms. The van der Waals surface area contributed by atoms with E-state index in [-0.39, 0.29) is 11.5 Å². The van der Waals surface area contributed by atoms with Crippen LogP contribution in [0.2, 0.25) is 0 Å². The highest BCUT2D eigenvalue weighted by atomic mass is 16.5. The SMILES string of the molecule is CCCc1c(N)nc(C2CCOc3ccccc32)[nH]c1=O. The van der Waals surface area contributed by atoms with Crippen molar-refractivity contribution in [1.29, 1.82) is 0 Å². The molecule has 110 valence electrons. The van der Waals surface area contributed by atoms with Crippen LogP contribution in [-0.2, 0) is 6.42 Å². The minimum atomic E-state index is -0.122. The number of nitrogens with zero attached hydrogens (tertiary/aromatic N) is 1. The van der Waals surface area contributed by atoms with E-state index >= 15 is 0 Å². The summed E-state index contributed by atoms with van der Waals surface area (Å²) in [5.41, 5.74) is 7.49. The number of para-hydroxylation sites is 1. The maximum absolute atomic E-state index is 12.2. The number of hydrogen-bond acceptors (Lipinski definition) is 4. The molecule has 1 unspecified atom stereocenters. The van der Waals surface area contributed by atoms with Crippen LogP contribution in [0.4, 0.5) is 5.82 Å². The predicted octanol–water partition coefficient (Wildman–Crippen LogP) is 2.22. The molecular weight excluding hydrogens is 266 g/mol. The Morgan fingerprint density at radius 1 is 1.43 bits per heavy atom. The van der Waals surface area contributed by atoms with Crippen molar-refractivity contribution in [2.45, 2.75) is 32.1 Å². The number of nitrogen functional groups attached to an aromatic ring is 1. The molecule has 1 aliphatic rings. The Balaban J connectivity index is 2.05. The van der Waals surface area contributed by atoms with Crippen LogP contribution in [0.5, 0.6) is 5.75 Å². The molecule has 0 fully saturated rings. The van der Waals surface area contributed by atoms with Crippen LogP contribution in [0, 0.1) is 0 Å². The molecule has 3 rings (SSSR count). The zero-order chi connectivity index (χ0) is 14.8. The van der Waals surface area contributed by atoms with Crippen LogP contribution < -0.4 is 16.0 Å². The highest BCUT2D eigenvalue weighted by molar-refractivity contribution is 5.43. The van der Waals surface area contributed by atoms with Crippen LogP contribution in [0.1, 0.15) is 42.6 Å². The van der Waals surface area contributed by atoms with Gasteiger partial charge in [-0.3, -0.25) is 4.79 Å². The van der Waals surface area contributed by atoms with E-state index in [0.29, 0.717) is 30.2 Å². The number of H-pyrrole nitrogens is 1. The van der Waals surface area contributed by atoms with Crippen LogP contribution in [0.25, 0.3) is 0 Å². The van der Waals surface area contributed by atoms with Crippen LogP contribution in [0.3, 0.4) is 0 Å². The van der Waals surface area contributed by atoms with Gasteiger partial charge in [-0.2, -0.15) is 0 Å². The highest BCUT2D eigenvalue weighted by Gasteiger charge is 2.25. The molecule has 1 atom stereocenters. The number of nitrogens with one attached hydrogen (secondary N) is 1. The summed E-state index contributed by atoms with van der Waals surface area (Å²) < 4.78 is 5.65. The average molecular weight is 285 g/mol. The van der Waals surface area contributed by atoms with Crippen molar-refractivity contribution in [1.82, 2.24) is 9.97 Å². The number of anilines is 1. The zero-order valence-electron chi connectivity index (χ0n) is 12.1. The molecule has 5 nitrogen and oxygen atoms in total. The van der Waals surface area contributed by atoms with Crippen molar-refractivity contribution < 1.29 is 4.74 Å². The average Bonchev–Trinajstić information content (AvgIpc) is 2.50. The summed E-state index contributed by atoms with van der Waals surface area (Å²) in [5, 5.41) is 0. The van der Waals surface area contributed by atoms with Gasteiger partial charge in [-0.15, -0.1) is 0 Å². The third kappa shape index (κ3) is 2.51. The lowest BCUT2D eigenvalue weighted by Gasteiger charge is -2.25. The topological polar surface area (TPSA) is 81.0 Å². The van der Waals surface area contributed by atoms with Crippen LogP contribution in [-0.4, -0.2) is 16.6 Å². The van der Waals surface area contributed by atoms with E-state index in [1.807, 2.05) is 31.2 Å². The second kappa shape index (κ2) is 5.60. The molecule has 21 heavy (non-hydrogen) atoms.